The van der Waals surface area contributed by atoms with E-state index in [-0.39, 0.29) is 18.0 Å². The number of nitrogens with zero attached hydrogens (tertiary/aromatic N) is 1. The van der Waals surface area contributed by atoms with Gasteiger partial charge in [-0.2, -0.15) is 0 Å². The van der Waals surface area contributed by atoms with Crippen molar-refractivity contribution in [1.29, 1.82) is 0 Å². The Kier molecular flexibility index (Phi) is 5.63. The van der Waals surface area contributed by atoms with Crippen molar-refractivity contribution >= 4 is 21.4 Å². The highest BCUT2D eigenvalue weighted by Gasteiger charge is 2.15. The van der Waals surface area contributed by atoms with Gasteiger partial charge in [-0.05, 0) is 12.0 Å². The molecule has 1 aromatic rings. The standard InChI is InChI=1S/C12H16N2O5S/c1-2-6-20(18,19)9-12(15)13-8-10-4-3-5-11(7-10)14(16)17/h3-5,7H,2,6,8-9H2,1H3,(H,13,15). The van der Waals surface area contributed by atoms with Gasteiger partial charge in [0.15, 0.2) is 9.84 Å². The van der Waals surface area contributed by atoms with Crippen LogP contribution in [0.3, 0.4) is 0 Å². The quantitative estimate of drug-likeness (QED) is 0.598. The van der Waals surface area contributed by atoms with Gasteiger partial charge in [0.25, 0.3) is 5.69 Å². The third kappa shape index (κ3) is 5.35. The first-order valence-electron chi connectivity index (χ1n) is 6.04. The number of rotatable bonds is 7. The predicted octanol–water partition coefficient (Wildman–Crippen LogP) is 1.04. The Morgan fingerprint density at radius 1 is 1.40 bits per heavy atom. The van der Waals surface area contributed by atoms with Crippen molar-refractivity contribution in [3.8, 4) is 0 Å². The summed E-state index contributed by atoms with van der Waals surface area (Å²) in [7, 11) is -3.38. The van der Waals surface area contributed by atoms with Crippen molar-refractivity contribution < 1.29 is 18.1 Å². The molecule has 110 valence electrons. The van der Waals surface area contributed by atoms with Crippen molar-refractivity contribution in [3.63, 3.8) is 0 Å². The lowest BCUT2D eigenvalue weighted by molar-refractivity contribution is -0.384. The highest BCUT2D eigenvalue weighted by Crippen LogP contribution is 2.12. The SMILES string of the molecule is CCCS(=O)(=O)CC(=O)NCc1cccc([N+](=O)[O-])c1. The van der Waals surface area contributed by atoms with Crippen molar-refractivity contribution in [2.45, 2.75) is 19.9 Å². The Labute approximate surface area is 117 Å². The summed E-state index contributed by atoms with van der Waals surface area (Å²) in [5.74, 6) is -1.20. The molecule has 0 aliphatic rings. The second-order valence-electron chi connectivity index (χ2n) is 4.30. The first kappa shape index (κ1) is 16.1. The molecular formula is C12H16N2O5S. The van der Waals surface area contributed by atoms with Gasteiger partial charge < -0.3 is 5.32 Å². The molecule has 1 aromatic carbocycles. The van der Waals surface area contributed by atoms with Crippen LogP contribution in [0.2, 0.25) is 0 Å². The van der Waals surface area contributed by atoms with Crippen LogP contribution in [-0.2, 0) is 21.2 Å². The van der Waals surface area contributed by atoms with E-state index in [0.29, 0.717) is 12.0 Å². The molecule has 0 fully saturated rings. The van der Waals surface area contributed by atoms with Crippen LogP contribution in [-0.4, -0.2) is 30.8 Å². The predicted molar refractivity (Wildman–Crippen MR) is 73.9 cm³/mol. The molecule has 0 radical (unpaired) electrons. The maximum atomic E-state index is 11.5. The zero-order chi connectivity index (χ0) is 15.2. The zero-order valence-corrected chi connectivity index (χ0v) is 11.9. The fourth-order valence-corrected chi connectivity index (χ4v) is 2.88. The zero-order valence-electron chi connectivity index (χ0n) is 11.0. The fourth-order valence-electron chi connectivity index (χ4n) is 1.61. The highest BCUT2D eigenvalue weighted by molar-refractivity contribution is 7.92. The van der Waals surface area contributed by atoms with Gasteiger partial charge in [-0.25, -0.2) is 8.42 Å². The molecule has 0 bridgehead atoms. The maximum Gasteiger partial charge on any atom is 0.269 e. The molecule has 0 saturated carbocycles. The van der Waals surface area contributed by atoms with E-state index in [2.05, 4.69) is 5.32 Å². The topological polar surface area (TPSA) is 106 Å². The van der Waals surface area contributed by atoms with Gasteiger partial charge in [-0.1, -0.05) is 19.1 Å². The number of nitrogens with one attached hydrogen (secondary N) is 1. The van der Waals surface area contributed by atoms with Gasteiger partial charge in [-0.15, -0.1) is 0 Å². The Balaban J connectivity index is 2.57. The highest BCUT2D eigenvalue weighted by atomic mass is 32.2. The minimum Gasteiger partial charge on any atom is -0.351 e. The fraction of sp³-hybridized carbons (Fsp3) is 0.417. The lowest BCUT2D eigenvalue weighted by Gasteiger charge is -2.06. The number of hydrogen-bond donors (Lipinski definition) is 1. The Bertz CT molecular complexity index is 598. The number of carbonyl (C=O) groups excluding carboxylic acids is 1. The molecule has 0 aliphatic carbocycles. The molecule has 0 aliphatic heterocycles. The number of benzene rings is 1. The van der Waals surface area contributed by atoms with Crippen LogP contribution in [0.25, 0.3) is 0 Å². The average molecular weight is 300 g/mol. The van der Waals surface area contributed by atoms with Crippen LogP contribution in [0.1, 0.15) is 18.9 Å². The molecule has 7 nitrogen and oxygen atoms in total. The minimum absolute atomic E-state index is 0.0305. The summed E-state index contributed by atoms with van der Waals surface area (Å²) in [6.07, 6.45) is 0.459. The average Bonchev–Trinajstić information content (AvgIpc) is 2.36. The molecule has 0 saturated heterocycles. The molecule has 0 aromatic heterocycles. The van der Waals surface area contributed by atoms with Gasteiger partial charge in [0, 0.05) is 18.7 Å². The van der Waals surface area contributed by atoms with E-state index in [1.807, 2.05) is 0 Å². The van der Waals surface area contributed by atoms with Gasteiger partial charge >= 0.3 is 0 Å². The van der Waals surface area contributed by atoms with E-state index < -0.39 is 26.4 Å². The molecule has 0 heterocycles. The van der Waals surface area contributed by atoms with Crippen molar-refractivity contribution in [2.75, 3.05) is 11.5 Å². The van der Waals surface area contributed by atoms with Crippen LogP contribution in [0.4, 0.5) is 5.69 Å². The lowest BCUT2D eigenvalue weighted by Crippen LogP contribution is -2.30. The van der Waals surface area contributed by atoms with E-state index in [9.17, 15) is 23.3 Å². The van der Waals surface area contributed by atoms with Gasteiger partial charge in [0.1, 0.15) is 5.75 Å². The Hall–Kier alpha value is -1.96. The number of non-ortho nitro benzene ring substituents is 1. The molecule has 0 spiro atoms. The Morgan fingerprint density at radius 3 is 2.70 bits per heavy atom. The summed E-state index contributed by atoms with van der Waals surface area (Å²) in [6, 6.07) is 5.80. The molecule has 8 heteroatoms. The third-order valence-corrected chi connectivity index (χ3v) is 4.21. The van der Waals surface area contributed by atoms with Gasteiger partial charge in [0.05, 0.1) is 10.7 Å². The largest absolute Gasteiger partial charge is 0.351 e. The number of nitro benzene ring substituents is 1. The van der Waals surface area contributed by atoms with E-state index in [4.69, 9.17) is 0 Å². The molecule has 0 atom stereocenters. The second-order valence-corrected chi connectivity index (χ2v) is 6.48. The van der Waals surface area contributed by atoms with Crippen LogP contribution >= 0.6 is 0 Å². The summed E-state index contributed by atoms with van der Waals surface area (Å²) in [4.78, 5) is 21.6. The van der Waals surface area contributed by atoms with Crippen molar-refractivity contribution in [1.82, 2.24) is 5.32 Å². The summed E-state index contributed by atoms with van der Waals surface area (Å²) in [6.45, 7) is 1.78. The van der Waals surface area contributed by atoms with Crippen LogP contribution in [0.15, 0.2) is 24.3 Å². The van der Waals surface area contributed by atoms with E-state index in [1.165, 1.54) is 18.2 Å². The number of nitro groups is 1. The summed E-state index contributed by atoms with van der Waals surface area (Å²) < 4.78 is 22.9. The first-order chi connectivity index (χ1) is 9.34. The monoisotopic (exact) mass is 300 g/mol. The summed E-state index contributed by atoms with van der Waals surface area (Å²) in [5, 5.41) is 13.0. The third-order valence-electron chi connectivity index (χ3n) is 2.48. The molecule has 1 amide bonds. The van der Waals surface area contributed by atoms with Crippen LogP contribution in [0.5, 0.6) is 0 Å². The second kappa shape index (κ2) is 6.99. The molecule has 0 unspecified atom stereocenters. The lowest BCUT2D eigenvalue weighted by atomic mass is 10.2. The normalized spacial score (nSPS) is 11.1. The molecule has 1 rings (SSSR count). The van der Waals surface area contributed by atoms with Crippen molar-refractivity contribution in [2.24, 2.45) is 0 Å². The molecular weight excluding hydrogens is 284 g/mol. The van der Waals surface area contributed by atoms with E-state index in [0.717, 1.165) is 0 Å². The number of sulfone groups is 1. The number of amides is 1. The summed E-state index contributed by atoms with van der Waals surface area (Å²) >= 11 is 0. The molecule has 20 heavy (non-hydrogen) atoms. The molecule has 1 N–H and O–H groups in total. The van der Waals surface area contributed by atoms with Crippen LogP contribution < -0.4 is 5.32 Å². The number of carbonyl (C=O) groups is 1. The summed E-state index contributed by atoms with van der Waals surface area (Å²) in [5.41, 5.74) is 0.468. The minimum atomic E-state index is -3.38. The smallest absolute Gasteiger partial charge is 0.269 e. The van der Waals surface area contributed by atoms with E-state index in [1.54, 1.807) is 13.0 Å². The maximum absolute atomic E-state index is 11.5. The Morgan fingerprint density at radius 2 is 2.10 bits per heavy atom. The van der Waals surface area contributed by atoms with Gasteiger partial charge in [0.2, 0.25) is 5.91 Å². The number of hydrogen-bond acceptors (Lipinski definition) is 5. The van der Waals surface area contributed by atoms with Crippen LogP contribution in [0, 0.1) is 10.1 Å². The van der Waals surface area contributed by atoms with Crippen molar-refractivity contribution in [3.05, 3.63) is 39.9 Å². The van der Waals surface area contributed by atoms with E-state index >= 15 is 0 Å². The first-order valence-corrected chi connectivity index (χ1v) is 7.86. The van der Waals surface area contributed by atoms with Gasteiger partial charge in [-0.3, -0.25) is 14.9 Å².